The van der Waals surface area contributed by atoms with E-state index in [4.69, 9.17) is 0 Å². The Hall–Kier alpha value is -2.60. The van der Waals surface area contributed by atoms with Gasteiger partial charge in [0.15, 0.2) is 0 Å². The van der Waals surface area contributed by atoms with Gasteiger partial charge in [0.2, 0.25) is 0 Å². The second kappa shape index (κ2) is 6.61. The van der Waals surface area contributed by atoms with Gasteiger partial charge in [-0.2, -0.15) is 0 Å². The summed E-state index contributed by atoms with van der Waals surface area (Å²) in [4.78, 5) is 0. The largest absolute Gasteiger partial charge is 0.0616 e. The highest BCUT2D eigenvalue weighted by atomic mass is 14.2. The van der Waals surface area contributed by atoms with Crippen molar-refractivity contribution in [1.29, 1.82) is 0 Å². The minimum absolute atomic E-state index is 0.480. The molecule has 0 bridgehead atoms. The van der Waals surface area contributed by atoms with Crippen LogP contribution in [0.1, 0.15) is 50.7 Å². The predicted octanol–water partition coefficient (Wildman–Crippen LogP) is 7.91. The minimum atomic E-state index is 0.480. The van der Waals surface area contributed by atoms with E-state index in [0.29, 0.717) is 11.8 Å². The fourth-order valence-corrected chi connectivity index (χ4v) is 4.10. The third kappa shape index (κ3) is 2.70. The van der Waals surface area contributed by atoms with Gasteiger partial charge in [0.1, 0.15) is 0 Å². The summed E-state index contributed by atoms with van der Waals surface area (Å²) in [6.07, 6.45) is 0. The van der Waals surface area contributed by atoms with Crippen LogP contribution in [0.5, 0.6) is 0 Å². The molecule has 0 fully saturated rings. The molecule has 0 heterocycles. The first-order valence-corrected chi connectivity index (χ1v) is 9.61. The Morgan fingerprint density at radius 2 is 0.846 bits per heavy atom. The van der Waals surface area contributed by atoms with E-state index in [9.17, 15) is 0 Å². The average Bonchev–Trinajstić information content (AvgIpc) is 2.66. The summed E-state index contributed by atoms with van der Waals surface area (Å²) in [6.45, 7) is 9.20. The first-order chi connectivity index (χ1) is 12.6. The van der Waals surface area contributed by atoms with Gasteiger partial charge in [-0.15, -0.1) is 0 Å². The van der Waals surface area contributed by atoms with Crippen LogP contribution in [0.2, 0.25) is 0 Å². The van der Waals surface area contributed by atoms with Crippen LogP contribution in [0.4, 0.5) is 0 Å². The first kappa shape index (κ1) is 16.8. The van der Waals surface area contributed by atoms with Crippen molar-refractivity contribution in [3.05, 3.63) is 83.9 Å². The van der Waals surface area contributed by atoms with E-state index in [1.807, 2.05) is 0 Å². The topological polar surface area (TPSA) is 0 Å². The van der Waals surface area contributed by atoms with Crippen LogP contribution in [0, 0.1) is 0 Å². The van der Waals surface area contributed by atoms with Crippen molar-refractivity contribution in [1.82, 2.24) is 0 Å². The summed E-state index contributed by atoms with van der Waals surface area (Å²) in [5.74, 6) is 0.960. The molecule has 0 radical (unpaired) electrons. The molecule has 4 aromatic carbocycles. The van der Waals surface area contributed by atoms with Gasteiger partial charge in [0, 0.05) is 0 Å². The highest BCUT2D eigenvalue weighted by Gasteiger charge is 2.19. The second-order valence-electron chi connectivity index (χ2n) is 7.81. The standard InChI is InChI=1S/C26H26/c1-17(2)21-15-13-19-9-5-7-11-23(19)25(21)26-22(18(3)4)16-14-20-10-6-8-12-24(20)26/h5-18H,1-4H3. The van der Waals surface area contributed by atoms with Crippen LogP contribution in [0.25, 0.3) is 32.7 Å². The van der Waals surface area contributed by atoms with Crippen molar-refractivity contribution in [2.75, 3.05) is 0 Å². The molecule has 0 spiro atoms. The van der Waals surface area contributed by atoms with Gasteiger partial charge >= 0.3 is 0 Å². The van der Waals surface area contributed by atoms with Crippen LogP contribution >= 0.6 is 0 Å². The van der Waals surface area contributed by atoms with Gasteiger partial charge in [-0.1, -0.05) is 100 Å². The molecule has 130 valence electrons. The molecule has 0 aliphatic carbocycles. The highest BCUT2D eigenvalue weighted by Crippen LogP contribution is 2.43. The Morgan fingerprint density at radius 3 is 1.23 bits per heavy atom. The van der Waals surface area contributed by atoms with E-state index in [1.54, 1.807) is 0 Å². The normalized spacial score (nSPS) is 11.8. The highest BCUT2D eigenvalue weighted by molar-refractivity contribution is 6.08. The Bertz CT molecular complexity index is 994. The second-order valence-corrected chi connectivity index (χ2v) is 7.81. The molecule has 0 N–H and O–H groups in total. The van der Waals surface area contributed by atoms with Crippen LogP contribution in [-0.4, -0.2) is 0 Å². The van der Waals surface area contributed by atoms with E-state index in [-0.39, 0.29) is 0 Å². The third-order valence-corrected chi connectivity index (χ3v) is 5.42. The maximum atomic E-state index is 2.33. The van der Waals surface area contributed by atoms with Crippen LogP contribution in [0.3, 0.4) is 0 Å². The quantitative estimate of drug-likeness (QED) is 0.356. The molecule has 0 nitrogen and oxygen atoms in total. The number of benzene rings is 4. The van der Waals surface area contributed by atoms with Crippen molar-refractivity contribution in [3.63, 3.8) is 0 Å². The van der Waals surface area contributed by atoms with Gasteiger partial charge in [-0.05, 0) is 55.6 Å². The zero-order valence-electron chi connectivity index (χ0n) is 16.1. The summed E-state index contributed by atoms with van der Waals surface area (Å²) < 4.78 is 0. The molecule has 0 saturated carbocycles. The SMILES string of the molecule is CC(C)c1ccc2ccccc2c1-c1c(C(C)C)ccc2ccccc12. The summed E-state index contributed by atoms with van der Waals surface area (Å²) in [7, 11) is 0. The number of hydrogen-bond acceptors (Lipinski definition) is 0. The van der Waals surface area contributed by atoms with E-state index in [1.165, 1.54) is 43.8 Å². The fraction of sp³-hybridized carbons (Fsp3) is 0.231. The summed E-state index contributed by atoms with van der Waals surface area (Å²) in [5, 5.41) is 5.35. The van der Waals surface area contributed by atoms with Crippen LogP contribution in [0.15, 0.2) is 72.8 Å². The summed E-state index contributed by atoms with van der Waals surface area (Å²) in [6, 6.07) is 26.8. The lowest BCUT2D eigenvalue weighted by atomic mass is 9.82. The molecule has 0 amide bonds. The number of hydrogen-bond donors (Lipinski definition) is 0. The molecular formula is C26H26. The summed E-state index contributed by atoms with van der Waals surface area (Å²) in [5.41, 5.74) is 5.70. The third-order valence-electron chi connectivity index (χ3n) is 5.42. The summed E-state index contributed by atoms with van der Waals surface area (Å²) >= 11 is 0. The van der Waals surface area contributed by atoms with Gasteiger partial charge in [-0.25, -0.2) is 0 Å². The van der Waals surface area contributed by atoms with Gasteiger partial charge in [0.25, 0.3) is 0 Å². The molecule has 4 rings (SSSR count). The van der Waals surface area contributed by atoms with Crippen LogP contribution in [-0.2, 0) is 0 Å². The van der Waals surface area contributed by atoms with E-state index in [0.717, 1.165) is 0 Å². The number of rotatable bonds is 3. The molecule has 0 aliphatic heterocycles. The minimum Gasteiger partial charge on any atom is -0.0616 e. The van der Waals surface area contributed by atoms with Crippen LogP contribution < -0.4 is 0 Å². The smallest absolute Gasteiger partial charge is 0.00616 e. The average molecular weight is 338 g/mol. The molecule has 0 saturated heterocycles. The van der Waals surface area contributed by atoms with E-state index in [2.05, 4.69) is 100 Å². The van der Waals surface area contributed by atoms with Gasteiger partial charge in [0.05, 0.1) is 0 Å². The molecule has 0 aromatic heterocycles. The van der Waals surface area contributed by atoms with Gasteiger partial charge in [-0.3, -0.25) is 0 Å². The maximum absolute atomic E-state index is 2.33. The zero-order chi connectivity index (χ0) is 18.3. The fourth-order valence-electron chi connectivity index (χ4n) is 4.10. The lowest BCUT2D eigenvalue weighted by Gasteiger charge is -2.22. The predicted molar refractivity (Wildman–Crippen MR) is 115 cm³/mol. The van der Waals surface area contributed by atoms with E-state index < -0.39 is 0 Å². The monoisotopic (exact) mass is 338 g/mol. The first-order valence-electron chi connectivity index (χ1n) is 9.61. The Morgan fingerprint density at radius 1 is 0.462 bits per heavy atom. The van der Waals surface area contributed by atoms with Crippen molar-refractivity contribution < 1.29 is 0 Å². The van der Waals surface area contributed by atoms with Crippen molar-refractivity contribution >= 4 is 21.5 Å². The van der Waals surface area contributed by atoms with Gasteiger partial charge < -0.3 is 0 Å². The molecular weight excluding hydrogens is 312 g/mol. The molecule has 4 aromatic rings. The lowest BCUT2D eigenvalue weighted by Crippen LogP contribution is -1.99. The van der Waals surface area contributed by atoms with Crippen molar-refractivity contribution in [2.24, 2.45) is 0 Å². The molecule has 0 unspecified atom stereocenters. The molecule has 0 heteroatoms. The van der Waals surface area contributed by atoms with Crippen molar-refractivity contribution in [3.8, 4) is 11.1 Å². The molecule has 0 atom stereocenters. The van der Waals surface area contributed by atoms with Crippen molar-refractivity contribution in [2.45, 2.75) is 39.5 Å². The zero-order valence-corrected chi connectivity index (χ0v) is 16.1. The Kier molecular flexibility index (Phi) is 4.28. The maximum Gasteiger partial charge on any atom is -0.00616 e. The lowest BCUT2D eigenvalue weighted by molar-refractivity contribution is 0.860. The Balaban J connectivity index is 2.23. The Labute approximate surface area is 156 Å². The van der Waals surface area contributed by atoms with E-state index >= 15 is 0 Å². The molecule has 0 aliphatic rings. The number of fused-ring (bicyclic) bond motifs is 2. The molecule has 26 heavy (non-hydrogen) atoms.